The van der Waals surface area contributed by atoms with Crippen LogP contribution >= 0.6 is 0 Å². The molecule has 0 aliphatic heterocycles. The number of aryl methyl sites for hydroxylation is 1. The fourth-order valence-electron chi connectivity index (χ4n) is 1.75. The van der Waals surface area contributed by atoms with Gasteiger partial charge < -0.3 is 10.4 Å². The van der Waals surface area contributed by atoms with Crippen molar-refractivity contribution in [1.82, 2.24) is 15.1 Å². The third-order valence-corrected chi connectivity index (χ3v) is 2.83. The van der Waals surface area contributed by atoms with Gasteiger partial charge in [0, 0.05) is 18.7 Å². The van der Waals surface area contributed by atoms with E-state index in [2.05, 4.69) is 10.4 Å². The van der Waals surface area contributed by atoms with E-state index in [9.17, 15) is 4.79 Å². The maximum atomic E-state index is 12.2. The fourth-order valence-corrected chi connectivity index (χ4v) is 1.75. The Kier molecular flexibility index (Phi) is 4.51. The third kappa shape index (κ3) is 3.32. The Morgan fingerprint density at radius 3 is 2.61 bits per heavy atom. The maximum absolute atomic E-state index is 12.2. The minimum atomic E-state index is -0.203. The van der Waals surface area contributed by atoms with Crippen molar-refractivity contribution in [2.75, 3.05) is 6.61 Å². The van der Waals surface area contributed by atoms with Gasteiger partial charge in [0.25, 0.3) is 5.91 Å². The number of aliphatic hydroxyl groups excluding tert-OH is 1. The molecule has 1 heterocycles. The van der Waals surface area contributed by atoms with E-state index in [1.54, 1.807) is 17.9 Å². The fraction of sp³-hybridized carbons (Fsp3) is 0.692. The molecule has 0 aliphatic carbocycles. The van der Waals surface area contributed by atoms with E-state index >= 15 is 0 Å². The van der Waals surface area contributed by atoms with Gasteiger partial charge in [0.05, 0.1) is 23.9 Å². The molecule has 1 unspecified atom stereocenters. The van der Waals surface area contributed by atoms with Crippen LogP contribution in [0.5, 0.6) is 0 Å². The van der Waals surface area contributed by atoms with Gasteiger partial charge in [-0.1, -0.05) is 27.7 Å². The number of aromatic nitrogens is 2. The number of rotatable bonds is 4. The van der Waals surface area contributed by atoms with Gasteiger partial charge in [-0.3, -0.25) is 9.48 Å². The van der Waals surface area contributed by atoms with E-state index in [1.807, 2.05) is 27.7 Å². The minimum absolute atomic E-state index is 0.0483. The molecule has 0 bridgehead atoms. The predicted octanol–water partition coefficient (Wildman–Crippen LogP) is 1.22. The maximum Gasteiger partial charge on any atom is 0.255 e. The monoisotopic (exact) mass is 253 g/mol. The molecule has 1 atom stereocenters. The van der Waals surface area contributed by atoms with Crippen LogP contribution in [-0.2, 0) is 12.5 Å². The predicted molar refractivity (Wildman–Crippen MR) is 70.5 cm³/mol. The number of nitrogens with one attached hydrogen (secondary N) is 1. The lowest BCUT2D eigenvalue weighted by Gasteiger charge is -2.19. The lowest BCUT2D eigenvalue weighted by molar-refractivity contribution is 0.0912. The highest BCUT2D eigenvalue weighted by Crippen LogP contribution is 2.24. The van der Waals surface area contributed by atoms with E-state index < -0.39 is 0 Å². The van der Waals surface area contributed by atoms with Crippen LogP contribution in [0.15, 0.2) is 6.20 Å². The molecule has 0 spiro atoms. The first kappa shape index (κ1) is 14.7. The number of amides is 1. The molecule has 2 N–H and O–H groups in total. The van der Waals surface area contributed by atoms with Gasteiger partial charge in [-0.25, -0.2) is 0 Å². The largest absolute Gasteiger partial charge is 0.394 e. The van der Waals surface area contributed by atoms with Crippen LogP contribution in [0, 0.1) is 0 Å². The molecule has 0 aliphatic rings. The van der Waals surface area contributed by atoms with Crippen LogP contribution in [0.3, 0.4) is 0 Å². The first-order valence-electron chi connectivity index (χ1n) is 6.25. The van der Waals surface area contributed by atoms with Gasteiger partial charge in [0.2, 0.25) is 0 Å². The summed E-state index contributed by atoms with van der Waals surface area (Å²) in [6, 6.07) is -0.203. The van der Waals surface area contributed by atoms with E-state index in [-0.39, 0.29) is 24.0 Å². The van der Waals surface area contributed by atoms with Crippen LogP contribution in [0.2, 0.25) is 0 Å². The Bertz CT molecular complexity index is 414. The second-order valence-corrected chi connectivity index (χ2v) is 5.58. The standard InChI is InChI=1S/C13H23N3O2/c1-6-9(8-17)14-12(18)10-7-16(5)15-11(10)13(2,3)4/h7,9,17H,6,8H2,1-5H3,(H,14,18). The number of nitrogens with zero attached hydrogens (tertiary/aromatic N) is 2. The molecule has 102 valence electrons. The molecule has 1 aromatic rings. The summed E-state index contributed by atoms with van der Waals surface area (Å²) in [5.41, 5.74) is 1.17. The zero-order valence-corrected chi connectivity index (χ0v) is 11.8. The Balaban J connectivity index is 2.99. The van der Waals surface area contributed by atoms with E-state index in [0.717, 1.165) is 5.69 Å². The first-order valence-corrected chi connectivity index (χ1v) is 6.25. The summed E-state index contributed by atoms with van der Waals surface area (Å²) in [5.74, 6) is -0.172. The molecule has 1 amide bonds. The van der Waals surface area contributed by atoms with E-state index in [4.69, 9.17) is 5.11 Å². The van der Waals surface area contributed by atoms with Crippen LogP contribution in [0.1, 0.15) is 50.2 Å². The molecular weight excluding hydrogens is 230 g/mol. The van der Waals surface area contributed by atoms with Crippen molar-refractivity contribution in [3.05, 3.63) is 17.5 Å². The molecule has 18 heavy (non-hydrogen) atoms. The third-order valence-electron chi connectivity index (χ3n) is 2.83. The molecule has 0 saturated heterocycles. The van der Waals surface area contributed by atoms with Crippen molar-refractivity contribution in [2.24, 2.45) is 7.05 Å². The SMILES string of the molecule is CCC(CO)NC(=O)c1cn(C)nc1C(C)(C)C. The van der Waals surface area contributed by atoms with E-state index in [1.165, 1.54) is 0 Å². The summed E-state index contributed by atoms with van der Waals surface area (Å²) in [6.45, 7) is 7.95. The van der Waals surface area contributed by atoms with Crippen molar-refractivity contribution in [3.63, 3.8) is 0 Å². The summed E-state index contributed by atoms with van der Waals surface area (Å²) in [5, 5.41) is 16.3. The van der Waals surface area contributed by atoms with Crippen LogP contribution in [0.25, 0.3) is 0 Å². The average Bonchev–Trinajstić information content (AvgIpc) is 2.67. The molecule has 5 nitrogen and oxygen atoms in total. The Hall–Kier alpha value is -1.36. The second-order valence-electron chi connectivity index (χ2n) is 5.58. The number of hydrogen-bond acceptors (Lipinski definition) is 3. The van der Waals surface area contributed by atoms with Gasteiger partial charge >= 0.3 is 0 Å². The first-order chi connectivity index (χ1) is 8.29. The van der Waals surface area contributed by atoms with Crippen molar-refractivity contribution < 1.29 is 9.90 Å². The molecular formula is C13H23N3O2. The van der Waals surface area contributed by atoms with Gasteiger partial charge in [-0.05, 0) is 6.42 Å². The smallest absolute Gasteiger partial charge is 0.255 e. The molecule has 0 radical (unpaired) electrons. The zero-order chi connectivity index (χ0) is 13.9. The van der Waals surface area contributed by atoms with Crippen molar-refractivity contribution >= 4 is 5.91 Å². The van der Waals surface area contributed by atoms with Crippen molar-refractivity contribution in [3.8, 4) is 0 Å². The molecule has 1 rings (SSSR count). The normalized spacial score (nSPS) is 13.4. The minimum Gasteiger partial charge on any atom is -0.394 e. The summed E-state index contributed by atoms with van der Waals surface area (Å²) >= 11 is 0. The van der Waals surface area contributed by atoms with Crippen LogP contribution in [0.4, 0.5) is 0 Å². The second kappa shape index (κ2) is 5.52. The van der Waals surface area contributed by atoms with Gasteiger partial charge in [-0.15, -0.1) is 0 Å². The summed E-state index contributed by atoms with van der Waals surface area (Å²) in [4.78, 5) is 12.2. The van der Waals surface area contributed by atoms with Crippen molar-refractivity contribution in [1.29, 1.82) is 0 Å². The lowest BCUT2D eigenvalue weighted by atomic mass is 9.89. The summed E-state index contributed by atoms with van der Waals surface area (Å²) in [7, 11) is 1.80. The molecule has 1 aromatic heterocycles. The average molecular weight is 253 g/mol. The van der Waals surface area contributed by atoms with Crippen molar-refractivity contribution in [2.45, 2.75) is 45.6 Å². The Labute approximate surface area is 108 Å². The Morgan fingerprint density at radius 2 is 2.17 bits per heavy atom. The lowest BCUT2D eigenvalue weighted by Crippen LogP contribution is -2.37. The number of aliphatic hydroxyl groups is 1. The Morgan fingerprint density at radius 1 is 1.56 bits per heavy atom. The highest BCUT2D eigenvalue weighted by atomic mass is 16.3. The summed E-state index contributed by atoms with van der Waals surface area (Å²) < 4.78 is 1.65. The van der Waals surface area contributed by atoms with Gasteiger partial charge in [-0.2, -0.15) is 5.10 Å². The zero-order valence-electron chi connectivity index (χ0n) is 11.8. The summed E-state index contributed by atoms with van der Waals surface area (Å²) in [6.07, 6.45) is 2.42. The topological polar surface area (TPSA) is 67.2 Å². The molecule has 0 fully saturated rings. The molecule has 5 heteroatoms. The van der Waals surface area contributed by atoms with Crippen LogP contribution < -0.4 is 5.32 Å². The highest BCUT2D eigenvalue weighted by molar-refractivity contribution is 5.95. The van der Waals surface area contributed by atoms with Crippen LogP contribution in [-0.4, -0.2) is 33.4 Å². The number of carbonyl (C=O) groups is 1. The van der Waals surface area contributed by atoms with E-state index in [0.29, 0.717) is 12.0 Å². The quantitative estimate of drug-likeness (QED) is 0.847. The van der Waals surface area contributed by atoms with Gasteiger partial charge in [0.1, 0.15) is 0 Å². The number of hydrogen-bond donors (Lipinski definition) is 2. The number of carbonyl (C=O) groups excluding carboxylic acids is 1. The highest BCUT2D eigenvalue weighted by Gasteiger charge is 2.26. The molecule has 0 saturated carbocycles. The van der Waals surface area contributed by atoms with Gasteiger partial charge in [0.15, 0.2) is 0 Å². The molecule has 0 aromatic carbocycles.